The van der Waals surface area contributed by atoms with Gasteiger partial charge in [0.15, 0.2) is 0 Å². The molecule has 1 amide bonds. The molecule has 0 aliphatic heterocycles. The summed E-state index contributed by atoms with van der Waals surface area (Å²) in [6.07, 6.45) is -0.326. The third-order valence-electron chi connectivity index (χ3n) is 1.69. The number of alkyl halides is 2. The monoisotopic (exact) mass is 261 g/mol. The lowest BCUT2D eigenvalue weighted by Crippen LogP contribution is -2.28. The molecule has 2 N–H and O–H groups in total. The van der Waals surface area contributed by atoms with E-state index >= 15 is 0 Å². The molecule has 17 heavy (non-hydrogen) atoms. The maximum Gasteiger partial charge on any atom is 0.328 e. The van der Waals surface area contributed by atoms with Crippen LogP contribution in [0.3, 0.4) is 0 Å². The largest absolute Gasteiger partial charge is 0.478 e. The first-order valence-electron chi connectivity index (χ1n) is 4.55. The molecular formula is C10H9F2NO3S. The van der Waals surface area contributed by atoms with E-state index in [0.29, 0.717) is 4.88 Å². The number of aliphatic carboxylic acids is 1. The van der Waals surface area contributed by atoms with Crippen LogP contribution in [0.2, 0.25) is 0 Å². The average Bonchev–Trinajstić information content (AvgIpc) is 2.71. The Morgan fingerprint density at radius 3 is 2.82 bits per heavy atom. The molecule has 0 aliphatic rings. The average molecular weight is 261 g/mol. The number of carbonyl (C=O) groups excluding carboxylic acids is 1. The summed E-state index contributed by atoms with van der Waals surface area (Å²) in [5.41, 5.74) is 0.237. The van der Waals surface area contributed by atoms with Gasteiger partial charge >= 0.3 is 5.97 Å². The summed E-state index contributed by atoms with van der Waals surface area (Å²) in [6, 6.07) is 1.44. The van der Waals surface area contributed by atoms with Crippen molar-refractivity contribution in [3.05, 3.63) is 28.0 Å². The minimum absolute atomic E-state index is 0.237. The molecule has 0 saturated heterocycles. The molecular weight excluding hydrogens is 252 g/mol. The molecule has 0 aliphatic carbocycles. The van der Waals surface area contributed by atoms with Crippen LogP contribution < -0.4 is 5.32 Å². The van der Waals surface area contributed by atoms with E-state index in [-0.39, 0.29) is 5.56 Å². The Bertz CT molecular complexity index is 443. The number of carboxylic acid groups (broad SMARTS) is 1. The highest BCUT2D eigenvalue weighted by atomic mass is 32.1. The van der Waals surface area contributed by atoms with Gasteiger partial charge in [0.2, 0.25) is 0 Å². The molecule has 1 rings (SSSR count). The molecule has 1 heterocycles. The summed E-state index contributed by atoms with van der Waals surface area (Å²) in [7, 11) is 0. The molecule has 0 fully saturated rings. The fourth-order valence-electron chi connectivity index (χ4n) is 0.985. The summed E-state index contributed by atoms with van der Waals surface area (Å²) in [5.74, 6) is -1.70. The van der Waals surface area contributed by atoms with Crippen molar-refractivity contribution in [3.8, 4) is 0 Å². The molecule has 0 saturated carbocycles. The molecule has 1 aromatic rings. The van der Waals surface area contributed by atoms with Gasteiger partial charge in [-0.3, -0.25) is 4.79 Å². The van der Waals surface area contributed by atoms with Crippen LogP contribution in [0.25, 0.3) is 6.08 Å². The Kier molecular flexibility index (Phi) is 4.77. The number of nitrogens with one attached hydrogen (secondary N) is 1. The second-order valence-corrected chi connectivity index (χ2v) is 3.95. The number of halogens is 2. The summed E-state index contributed by atoms with van der Waals surface area (Å²) in [4.78, 5) is 22.1. The zero-order valence-electron chi connectivity index (χ0n) is 8.52. The lowest BCUT2D eigenvalue weighted by Gasteiger charge is -2.01. The standard InChI is InChI=1S/C10H9F2NO3S/c11-8(12)4-13-10(16)6-3-7(17-5-6)1-2-9(14)15/h1-3,5,8H,4H2,(H,13,16)(H,14,15)/b2-1+. The van der Waals surface area contributed by atoms with Crippen LogP contribution in [-0.2, 0) is 4.79 Å². The van der Waals surface area contributed by atoms with Gasteiger partial charge in [0.05, 0.1) is 12.1 Å². The molecule has 0 radical (unpaired) electrons. The van der Waals surface area contributed by atoms with Crippen LogP contribution in [-0.4, -0.2) is 30.0 Å². The Morgan fingerprint density at radius 2 is 2.24 bits per heavy atom. The van der Waals surface area contributed by atoms with Crippen molar-refractivity contribution in [1.29, 1.82) is 0 Å². The highest BCUT2D eigenvalue weighted by Crippen LogP contribution is 2.16. The van der Waals surface area contributed by atoms with E-state index in [1.165, 1.54) is 17.5 Å². The fraction of sp³-hybridized carbons (Fsp3) is 0.200. The van der Waals surface area contributed by atoms with Crippen molar-refractivity contribution in [3.63, 3.8) is 0 Å². The number of amides is 1. The second kappa shape index (κ2) is 6.09. The molecule has 0 spiro atoms. The van der Waals surface area contributed by atoms with Crippen LogP contribution in [0.15, 0.2) is 17.5 Å². The van der Waals surface area contributed by atoms with Gasteiger partial charge in [0.25, 0.3) is 12.3 Å². The van der Waals surface area contributed by atoms with Crippen LogP contribution >= 0.6 is 11.3 Å². The minimum Gasteiger partial charge on any atom is -0.478 e. The number of hydrogen-bond donors (Lipinski definition) is 2. The Balaban J connectivity index is 2.61. The molecule has 92 valence electrons. The smallest absolute Gasteiger partial charge is 0.328 e. The molecule has 0 atom stereocenters. The maximum absolute atomic E-state index is 11.8. The summed E-state index contributed by atoms with van der Waals surface area (Å²) in [6.45, 7) is -0.699. The van der Waals surface area contributed by atoms with Crippen LogP contribution in [0, 0.1) is 0 Å². The Morgan fingerprint density at radius 1 is 1.53 bits per heavy atom. The van der Waals surface area contributed by atoms with Crippen LogP contribution in [0.1, 0.15) is 15.2 Å². The topological polar surface area (TPSA) is 66.4 Å². The van der Waals surface area contributed by atoms with Crippen molar-refractivity contribution < 1.29 is 23.5 Å². The van der Waals surface area contributed by atoms with Crippen molar-refractivity contribution in [1.82, 2.24) is 5.32 Å². The molecule has 4 nitrogen and oxygen atoms in total. The SMILES string of the molecule is O=C(O)/C=C/c1cc(C(=O)NCC(F)F)cs1. The van der Waals surface area contributed by atoms with Gasteiger partial charge in [-0.25, -0.2) is 13.6 Å². The maximum atomic E-state index is 11.8. The number of rotatable bonds is 5. The zero-order valence-corrected chi connectivity index (χ0v) is 9.34. The Hall–Kier alpha value is -1.76. The van der Waals surface area contributed by atoms with Gasteiger partial charge < -0.3 is 10.4 Å². The first-order chi connectivity index (χ1) is 7.99. The van der Waals surface area contributed by atoms with E-state index in [0.717, 1.165) is 17.4 Å². The molecule has 0 bridgehead atoms. The van der Waals surface area contributed by atoms with E-state index < -0.39 is 24.8 Å². The first-order valence-corrected chi connectivity index (χ1v) is 5.43. The lowest BCUT2D eigenvalue weighted by atomic mass is 10.3. The van der Waals surface area contributed by atoms with Crippen molar-refractivity contribution in [2.24, 2.45) is 0 Å². The lowest BCUT2D eigenvalue weighted by molar-refractivity contribution is -0.131. The fourth-order valence-corrected chi connectivity index (χ4v) is 1.76. The highest BCUT2D eigenvalue weighted by molar-refractivity contribution is 7.11. The van der Waals surface area contributed by atoms with E-state index in [1.54, 1.807) is 0 Å². The van der Waals surface area contributed by atoms with Gasteiger partial charge in [-0.05, 0) is 12.1 Å². The number of thiophene rings is 1. The van der Waals surface area contributed by atoms with Gasteiger partial charge in [0, 0.05) is 16.3 Å². The third kappa shape index (κ3) is 4.73. The van der Waals surface area contributed by atoms with Gasteiger partial charge in [-0.2, -0.15) is 0 Å². The van der Waals surface area contributed by atoms with Gasteiger partial charge in [-0.15, -0.1) is 11.3 Å². The number of carbonyl (C=O) groups is 2. The molecule has 0 aromatic carbocycles. The Labute approximate surface area is 99.6 Å². The van der Waals surface area contributed by atoms with Gasteiger partial charge in [-0.1, -0.05) is 0 Å². The summed E-state index contributed by atoms with van der Waals surface area (Å²) in [5, 5.41) is 11.9. The second-order valence-electron chi connectivity index (χ2n) is 3.01. The summed E-state index contributed by atoms with van der Waals surface area (Å²) >= 11 is 1.16. The van der Waals surface area contributed by atoms with Crippen molar-refractivity contribution in [2.45, 2.75) is 6.43 Å². The molecule has 1 aromatic heterocycles. The van der Waals surface area contributed by atoms with Crippen molar-refractivity contribution in [2.75, 3.05) is 6.54 Å². The van der Waals surface area contributed by atoms with E-state index in [2.05, 4.69) is 5.32 Å². The quantitative estimate of drug-likeness (QED) is 0.795. The predicted octanol–water partition coefficient (Wildman–Crippen LogP) is 1.84. The predicted molar refractivity (Wildman–Crippen MR) is 59.3 cm³/mol. The van der Waals surface area contributed by atoms with Crippen LogP contribution in [0.4, 0.5) is 8.78 Å². The zero-order chi connectivity index (χ0) is 12.8. The summed E-state index contributed by atoms with van der Waals surface area (Å²) < 4.78 is 23.7. The van der Waals surface area contributed by atoms with E-state index in [1.807, 2.05) is 0 Å². The molecule has 7 heteroatoms. The van der Waals surface area contributed by atoms with E-state index in [4.69, 9.17) is 5.11 Å². The minimum atomic E-state index is -2.59. The van der Waals surface area contributed by atoms with Gasteiger partial charge in [0.1, 0.15) is 0 Å². The number of carboxylic acids is 1. The highest BCUT2D eigenvalue weighted by Gasteiger charge is 2.10. The molecule has 0 unspecified atom stereocenters. The van der Waals surface area contributed by atoms with Crippen molar-refractivity contribution >= 4 is 29.3 Å². The third-order valence-corrected chi connectivity index (χ3v) is 2.59. The van der Waals surface area contributed by atoms with E-state index in [9.17, 15) is 18.4 Å². The van der Waals surface area contributed by atoms with Crippen LogP contribution in [0.5, 0.6) is 0 Å². The number of hydrogen-bond acceptors (Lipinski definition) is 3. The normalized spacial score (nSPS) is 11.0. The first kappa shape index (κ1) is 13.3.